The predicted octanol–water partition coefficient (Wildman–Crippen LogP) is 2.54. The summed E-state index contributed by atoms with van der Waals surface area (Å²) >= 11 is 3.14. The molecule has 2 aromatic rings. The number of unbranched alkanes of at least 4 members (excludes halogenated alkanes) is 2. The summed E-state index contributed by atoms with van der Waals surface area (Å²) in [5.74, 6) is 1.06. The van der Waals surface area contributed by atoms with Gasteiger partial charge in [-0.1, -0.05) is 6.42 Å². The van der Waals surface area contributed by atoms with Gasteiger partial charge in [-0.05, 0) is 30.9 Å². The van der Waals surface area contributed by atoms with Gasteiger partial charge in [0.05, 0.1) is 11.9 Å². The molecule has 5 nitrogen and oxygen atoms in total. The minimum atomic E-state index is -0.115. The number of anilines is 1. The average molecular weight is 310 g/mol. The van der Waals surface area contributed by atoms with E-state index in [1.165, 1.54) is 23.5 Å². The van der Waals surface area contributed by atoms with Crippen molar-refractivity contribution in [2.45, 2.75) is 19.3 Å². The number of aromatic nitrogens is 2. The summed E-state index contributed by atoms with van der Waals surface area (Å²) in [6, 6.07) is 1.79. The van der Waals surface area contributed by atoms with Crippen LogP contribution in [0, 0.1) is 0 Å². The third-order valence-corrected chi connectivity index (χ3v) is 4.74. The molecule has 0 aliphatic rings. The molecule has 20 heavy (non-hydrogen) atoms. The number of thiophene rings is 1. The lowest BCUT2D eigenvalue weighted by molar-refractivity contribution is 0.0958. The van der Waals surface area contributed by atoms with E-state index in [1.54, 1.807) is 12.3 Å². The summed E-state index contributed by atoms with van der Waals surface area (Å²) in [6.45, 7) is 0.687. The molecular formula is C13H18N4OS2. The minimum absolute atomic E-state index is 0.115. The van der Waals surface area contributed by atoms with Gasteiger partial charge in [-0.2, -0.15) is 16.9 Å². The molecule has 0 aromatic carbocycles. The van der Waals surface area contributed by atoms with E-state index in [9.17, 15) is 4.79 Å². The maximum absolute atomic E-state index is 12.1. The van der Waals surface area contributed by atoms with Crippen LogP contribution in [0.2, 0.25) is 0 Å². The molecule has 0 atom stereocenters. The van der Waals surface area contributed by atoms with Crippen molar-refractivity contribution in [2.24, 2.45) is 0 Å². The van der Waals surface area contributed by atoms with E-state index in [-0.39, 0.29) is 5.91 Å². The summed E-state index contributed by atoms with van der Waals surface area (Å²) in [5.41, 5.74) is 6.49. The molecular weight excluding hydrogens is 292 g/mol. The Labute approximate surface area is 126 Å². The van der Waals surface area contributed by atoms with Crippen LogP contribution in [0.1, 0.15) is 28.9 Å². The first-order chi connectivity index (χ1) is 9.74. The van der Waals surface area contributed by atoms with Crippen LogP contribution in [0.3, 0.4) is 0 Å². The summed E-state index contributed by atoms with van der Waals surface area (Å²) in [5, 5.41) is 11.5. The Balaban J connectivity index is 1.89. The lowest BCUT2D eigenvalue weighted by Crippen LogP contribution is -2.24. The van der Waals surface area contributed by atoms with Crippen molar-refractivity contribution < 1.29 is 4.79 Å². The van der Waals surface area contributed by atoms with E-state index in [2.05, 4.69) is 21.8 Å². The van der Waals surface area contributed by atoms with Gasteiger partial charge in [-0.25, -0.2) is 0 Å². The topological polar surface area (TPSA) is 80.9 Å². The Morgan fingerprint density at radius 1 is 1.45 bits per heavy atom. The fourth-order valence-corrected chi connectivity index (χ4v) is 3.32. The zero-order valence-corrected chi connectivity index (χ0v) is 13.0. The van der Waals surface area contributed by atoms with Gasteiger partial charge >= 0.3 is 0 Å². The Bertz CT molecular complexity index is 585. The van der Waals surface area contributed by atoms with Crippen LogP contribution in [-0.2, 0) is 0 Å². The van der Waals surface area contributed by atoms with Crippen molar-refractivity contribution >= 4 is 44.9 Å². The van der Waals surface area contributed by atoms with Crippen LogP contribution < -0.4 is 11.1 Å². The molecule has 7 heteroatoms. The number of nitrogens with two attached hydrogens (primary N) is 1. The quantitative estimate of drug-likeness (QED) is 0.768. The van der Waals surface area contributed by atoms with E-state index in [1.807, 2.05) is 11.8 Å². The van der Waals surface area contributed by atoms with Crippen LogP contribution in [0.15, 0.2) is 12.3 Å². The number of thioether (sulfide) groups is 1. The summed E-state index contributed by atoms with van der Waals surface area (Å²) in [7, 11) is 0. The van der Waals surface area contributed by atoms with Gasteiger partial charge in [-0.15, -0.1) is 16.4 Å². The molecule has 2 heterocycles. The number of rotatable bonds is 7. The molecule has 0 bridgehead atoms. The number of amides is 1. The molecule has 0 aliphatic carbocycles. The number of nitrogens with zero attached hydrogens (tertiary/aromatic N) is 2. The van der Waals surface area contributed by atoms with Gasteiger partial charge in [0.25, 0.3) is 5.91 Å². The summed E-state index contributed by atoms with van der Waals surface area (Å²) < 4.78 is 0. The maximum Gasteiger partial charge on any atom is 0.263 e. The van der Waals surface area contributed by atoms with Crippen molar-refractivity contribution in [3.05, 3.63) is 17.1 Å². The van der Waals surface area contributed by atoms with E-state index in [0.29, 0.717) is 21.9 Å². The molecule has 2 aromatic heterocycles. The molecule has 0 aliphatic heterocycles. The number of nitrogens with one attached hydrogen (secondary N) is 1. The SMILES string of the molecule is CSCCCCCNC(=O)c1sc2nnccc2c1N. The Kier molecular flexibility index (Phi) is 5.60. The average Bonchev–Trinajstić information content (AvgIpc) is 2.80. The summed E-state index contributed by atoms with van der Waals surface area (Å²) in [6.07, 6.45) is 7.01. The minimum Gasteiger partial charge on any atom is -0.397 e. The highest BCUT2D eigenvalue weighted by Crippen LogP contribution is 2.31. The number of carbonyl (C=O) groups excluding carboxylic acids is 1. The van der Waals surface area contributed by atoms with E-state index in [4.69, 9.17) is 5.73 Å². The van der Waals surface area contributed by atoms with Gasteiger partial charge < -0.3 is 11.1 Å². The standard InChI is InChI=1S/C13H18N4OS2/c1-19-8-4-2-3-6-15-12(18)11-10(14)9-5-7-16-17-13(9)20-11/h5,7H,2-4,6,8,14H2,1H3,(H,15,18). The highest BCUT2D eigenvalue weighted by molar-refractivity contribution is 7.98. The lowest BCUT2D eigenvalue weighted by atomic mass is 10.2. The molecule has 0 spiro atoms. The summed E-state index contributed by atoms with van der Waals surface area (Å²) in [4.78, 5) is 13.3. The second-order valence-corrected chi connectivity index (χ2v) is 6.39. The third-order valence-electron chi connectivity index (χ3n) is 2.94. The van der Waals surface area contributed by atoms with Crippen LogP contribution in [0.25, 0.3) is 10.2 Å². The van der Waals surface area contributed by atoms with E-state index >= 15 is 0 Å². The van der Waals surface area contributed by atoms with Gasteiger partial charge in [0, 0.05) is 11.9 Å². The van der Waals surface area contributed by atoms with Crippen LogP contribution in [0.4, 0.5) is 5.69 Å². The molecule has 0 fully saturated rings. The first-order valence-corrected chi connectivity index (χ1v) is 8.72. The Morgan fingerprint density at radius 2 is 2.30 bits per heavy atom. The van der Waals surface area contributed by atoms with Crippen molar-refractivity contribution in [1.82, 2.24) is 15.5 Å². The Hall–Kier alpha value is -1.34. The number of hydrogen-bond donors (Lipinski definition) is 2. The monoisotopic (exact) mass is 310 g/mol. The van der Waals surface area contributed by atoms with E-state index < -0.39 is 0 Å². The zero-order valence-electron chi connectivity index (χ0n) is 11.4. The second kappa shape index (κ2) is 7.44. The molecule has 0 radical (unpaired) electrons. The normalized spacial score (nSPS) is 10.8. The number of hydrogen-bond acceptors (Lipinski definition) is 6. The van der Waals surface area contributed by atoms with E-state index in [0.717, 1.165) is 18.2 Å². The Morgan fingerprint density at radius 3 is 3.05 bits per heavy atom. The van der Waals surface area contributed by atoms with Crippen LogP contribution in [-0.4, -0.2) is 34.7 Å². The molecule has 2 rings (SSSR count). The first-order valence-electron chi connectivity index (χ1n) is 6.51. The van der Waals surface area contributed by atoms with Crippen molar-refractivity contribution in [1.29, 1.82) is 0 Å². The number of carbonyl (C=O) groups is 1. The molecule has 0 saturated carbocycles. The van der Waals surface area contributed by atoms with Gasteiger partial charge in [0.2, 0.25) is 0 Å². The number of nitrogen functional groups attached to an aromatic ring is 1. The van der Waals surface area contributed by atoms with Gasteiger partial charge in [0.1, 0.15) is 9.71 Å². The molecule has 108 valence electrons. The fraction of sp³-hybridized carbons (Fsp3) is 0.462. The number of fused-ring (bicyclic) bond motifs is 1. The molecule has 0 saturated heterocycles. The maximum atomic E-state index is 12.1. The molecule has 3 N–H and O–H groups in total. The fourth-order valence-electron chi connectivity index (χ4n) is 1.87. The largest absolute Gasteiger partial charge is 0.397 e. The highest BCUT2D eigenvalue weighted by atomic mass is 32.2. The van der Waals surface area contributed by atoms with Crippen molar-refractivity contribution in [3.63, 3.8) is 0 Å². The van der Waals surface area contributed by atoms with Gasteiger partial charge in [0.15, 0.2) is 0 Å². The predicted molar refractivity (Wildman–Crippen MR) is 86.4 cm³/mol. The van der Waals surface area contributed by atoms with Gasteiger partial charge in [-0.3, -0.25) is 4.79 Å². The lowest BCUT2D eigenvalue weighted by Gasteiger charge is -2.04. The first kappa shape index (κ1) is 15.1. The highest BCUT2D eigenvalue weighted by Gasteiger charge is 2.16. The molecule has 1 amide bonds. The van der Waals surface area contributed by atoms with Crippen molar-refractivity contribution in [2.75, 3.05) is 24.3 Å². The second-order valence-electron chi connectivity index (χ2n) is 4.40. The van der Waals surface area contributed by atoms with Crippen LogP contribution >= 0.6 is 23.1 Å². The third kappa shape index (κ3) is 3.61. The van der Waals surface area contributed by atoms with Crippen LogP contribution in [0.5, 0.6) is 0 Å². The zero-order chi connectivity index (χ0) is 14.4. The molecule has 0 unspecified atom stereocenters. The smallest absolute Gasteiger partial charge is 0.263 e. The van der Waals surface area contributed by atoms with Crippen molar-refractivity contribution in [3.8, 4) is 0 Å².